The lowest BCUT2D eigenvalue weighted by atomic mass is 9.30. The molecule has 1 nitrogen and oxygen atoms in total. The Morgan fingerprint density at radius 1 is 0.341 bits per heavy atom. The van der Waals surface area contributed by atoms with E-state index in [0.29, 0.717) is 0 Å². The van der Waals surface area contributed by atoms with Crippen LogP contribution in [0, 0.1) is 55.4 Å². The zero-order chi connectivity index (χ0) is 62.8. The fourth-order valence-corrected chi connectivity index (χ4v) is 19.0. The summed E-state index contributed by atoms with van der Waals surface area (Å²) in [4.78, 5) is 0. The lowest BCUT2D eigenvalue weighted by molar-refractivity contribution is 0.398. The van der Waals surface area contributed by atoms with Gasteiger partial charge in [0, 0.05) is 38.3 Å². The van der Waals surface area contributed by atoms with Crippen LogP contribution in [0.3, 0.4) is 0 Å². The number of para-hydroxylation sites is 2. The zero-order valence-electron chi connectivity index (χ0n) is 56.6. The van der Waals surface area contributed by atoms with Gasteiger partial charge in [0.2, 0.25) is 13.4 Å². The van der Waals surface area contributed by atoms with E-state index in [1.807, 2.05) is 0 Å². The van der Waals surface area contributed by atoms with E-state index < -0.39 is 0 Å². The molecule has 91 heavy (non-hydrogen) atoms. The minimum atomic E-state index is -0.180. The molecule has 0 bridgehead atoms. The predicted octanol–water partition coefficient (Wildman–Crippen LogP) is 20.0. The number of aromatic nitrogens is 1. The third kappa shape index (κ3) is 9.46. The molecule has 0 N–H and O–H groups in total. The van der Waals surface area contributed by atoms with Crippen LogP contribution in [-0.4, -0.2) is 18.0 Å². The summed E-state index contributed by atoms with van der Waals surface area (Å²) in [6.07, 6.45) is 18.4. The standard InChI is InChI=1S/C88H91B2N/c1-13-15-17-19-21-25-41-88(42-26-22-20-18-16-14-2)73-32-24-23-29-67(73)70-40-36-63(51-76(70)88)62-35-38-68-69-39-37-64(50-75(69)87(11,12)74(68)49-62)65-47-56(5)81(57(6)48-65)66-52-79-86-80(53-66)90(83-60(9)45-55(4)46-61(83)10)78-34-28-31-72-71-30-27-33-77(84(71)91(86)85(72)78)89(79)82-58(7)43-54(3)44-59(82)8/h23-24,27-40,43-53H,13-22,25-26,41-42H2,1-12H3. The van der Waals surface area contributed by atoms with Crippen LogP contribution in [0.15, 0.2) is 164 Å². The predicted molar refractivity (Wildman–Crippen MR) is 397 cm³/mol. The van der Waals surface area contributed by atoms with Crippen molar-refractivity contribution in [1.29, 1.82) is 0 Å². The SMILES string of the molecule is CCCCCCCCC1(CCCCCCCC)c2ccccc2-c2ccc(-c3ccc4c(c3)C(C)(C)c3cc(-c5cc(C)c(-c6cc7c8c(c6)B(c6c(C)cc(C)cc6C)c6cccc9c%10cccc(c%10n-8c69)B7c6c(C)cc(C)cc6C)c(C)c5)ccc3-4)cc21. The molecule has 0 radical (unpaired) electrons. The van der Waals surface area contributed by atoms with Gasteiger partial charge in [-0.05, 0) is 197 Å². The van der Waals surface area contributed by atoms with Crippen molar-refractivity contribution in [1.82, 2.24) is 4.57 Å². The van der Waals surface area contributed by atoms with Crippen molar-refractivity contribution in [3.05, 3.63) is 231 Å². The van der Waals surface area contributed by atoms with Gasteiger partial charge in [-0.25, -0.2) is 0 Å². The summed E-state index contributed by atoms with van der Waals surface area (Å²) in [5.41, 5.74) is 42.8. The molecule has 454 valence electrons. The molecule has 11 aromatic rings. The largest absolute Gasteiger partial charge is 0.311 e. The van der Waals surface area contributed by atoms with Crippen molar-refractivity contribution < 1.29 is 0 Å². The van der Waals surface area contributed by atoms with E-state index in [0.717, 1.165) is 0 Å². The number of aryl methyl sites for hydroxylation is 8. The van der Waals surface area contributed by atoms with E-state index in [1.54, 1.807) is 11.1 Å². The van der Waals surface area contributed by atoms with Crippen LogP contribution in [0.4, 0.5) is 0 Å². The smallest absolute Gasteiger partial charge is 0.247 e. The molecule has 0 saturated heterocycles. The van der Waals surface area contributed by atoms with Gasteiger partial charge in [-0.3, -0.25) is 0 Å². The van der Waals surface area contributed by atoms with Gasteiger partial charge in [-0.15, -0.1) is 0 Å². The molecular formula is C88H91B2N. The Balaban J connectivity index is 0.809. The van der Waals surface area contributed by atoms with E-state index in [1.165, 1.54) is 261 Å². The van der Waals surface area contributed by atoms with Crippen LogP contribution in [0.5, 0.6) is 0 Å². The first-order valence-electron chi connectivity index (χ1n) is 35.2. The van der Waals surface area contributed by atoms with Crippen molar-refractivity contribution in [2.24, 2.45) is 0 Å². The van der Waals surface area contributed by atoms with Crippen LogP contribution in [0.1, 0.15) is 184 Å². The topological polar surface area (TPSA) is 4.93 Å². The molecule has 0 fully saturated rings. The molecule has 10 aromatic carbocycles. The minimum absolute atomic E-state index is 0.0565. The van der Waals surface area contributed by atoms with Crippen molar-refractivity contribution in [2.45, 2.75) is 184 Å². The van der Waals surface area contributed by atoms with Gasteiger partial charge < -0.3 is 4.57 Å². The average Bonchev–Trinajstić information content (AvgIpc) is 1.61. The van der Waals surface area contributed by atoms with Crippen molar-refractivity contribution in [3.63, 3.8) is 0 Å². The normalized spacial score (nSPS) is 14.2. The molecule has 0 saturated carbocycles. The highest BCUT2D eigenvalue weighted by Gasteiger charge is 2.45. The number of nitrogens with zero attached hydrogens (tertiary/aromatic N) is 1. The van der Waals surface area contributed by atoms with Crippen LogP contribution in [-0.2, 0) is 10.8 Å². The van der Waals surface area contributed by atoms with E-state index >= 15 is 0 Å². The molecule has 3 heterocycles. The number of rotatable bonds is 19. The summed E-state index contributed by atoms with van der Waals surface area (Å²) < 4.78 is 2.71. The molecule has 15 rings (SSSR count). The van der Waals surface area contributed by atoms with E-state index in [9.17, 15) is 0 Å². The first-order valence-corrected chi connectivity index (χ1v) is 35.2. The third-order valence-corrected chi connectivity index (χ3v) is 22.9. The fourth-order valence-electron chi connectivity index (χ4n) is 19.0. The number of fused-ring (bicyclic) bond motifs is 7. The Morgan fingerprint density at radius 3 is 1.24 bits per heavy atom. The number of benzene rings is 10. The molecule has 2 aliphatic heterocycles. The highest BCUT2D eigenvalue weighted by molar-refractivity contribution is 7.02. The van der Waals surface area contributed by atoms with Gasteiger partial charge in [0.05, 0.1) is 0 Å². The Bertz CT molecular complexity index is 4540. The molecule has 0 amide bonds. The van der Waals surface area contributed by atoms with Gasteiger partial charge in [0.25, 0.3) is 0 Å². The molecule has 1 aromatic heterocycles. The van der Waals surface area contributed by atoms with Crippen LogP contribution in [0.2, 0.25) is 0 Å². The third-order valence-electron chi connectivity index (χ3n) is 22.9. The van der Waals surface area contributed by atoms with Crippen molar-refractivity contribution >= 4 is 68.0 Å². The Hall–Kier alpha value is -7.87. The van der Waals surface area contributed by atoms with E-state index in [4.69, 9.17) is 0 Å². The fraction of sp³-hybridized carbons (Fsp3) is 0.318. The van der Waals surface area contributed by atoms with Gasteiger partial charge in [-0.1, -0.05) is 295 Å². The summed E-state index contributed by atoms with van der Waals surface area (Å²) in [7, 11) is 0. The first kappa shape index (κ1) is 59.4. The van der Waals surface area contributed by atoms with Gasteiger partial charge >= 0.3 is 0 Å². The Labute approximate surface area is 545 Å². The van der Waals surface area contributed by atoms with Gasteiger partial charge in [0.15, 0.2) is 0 Å². The van der Waals surface area contributed by atoms with Gasteiger partial charge in [-0.2, -0.15) is 0 Å². The van der Waals surface area contributed by atoms with E-state index in [2.05, 4.69) is 251 Å². The Kier molecular flexibility index (Phi) is 15.1. The molecule has 0 unspecified atom stereocenters. The second-order valence-corrected chi connectivity index (χ2v) is 29.4. The highest BCUT2D eigenvalue weighted by atomic mass is 15.0. The molecule has 0 atom stereocenters. The number of hydrogen-bond acceptors (Lipinski definition) is 0. The second kappa shape index (κ2) is 23.1. The van der Waals surface area contributed by atoms with Gasteiger partial charge in [0.1, 0.15) is 0 Å². The van der Waals surface area contributed by atoms with Crippen LogP contribution >= 0.6 is 0 Å². The first-order chi connectivity index (χ1) is 44.1. The average molecular weight is 1180 g/mol. The zero-order valence-corrected chi connectivity index (χ0v) is 56.6. The molecule has 0 spiro atoms. The highest BCUT2D eigenvalue weighted by Crippen LogP contribution is 2.56. The monoisotopic (exact) mass is 1180 g/mol. The number of hydrogen-bond donors (Lipinski definition) is 0. The second-order valence-electron chi connectivity index (χ2n) is 29.4. The maximum absolute atomic E-state index is 2.71. The molecule has 4 aliphatic rings. The molecular weight excluding hydrogens is 1090 g/mol. The maximum atomic E-state index is 2.71. The lowest BCUT2D eigenvalue weighted by Gasteiger charge is -2.36. The maximum Gasteiger partial charge on any atom is 0.247 e. The quantitative estimate of drug-likeness (QED) is 0.0562. The Morgan fingerprint density at radius 2 is 0.758 bits per heavy atom. The molecule has 3 heteroatoms. The lowest BCUT2D eigenvalue weighted by Crippen LogP contribution is -2.64. The minimum Gasteiger partial charge on any atom is -0.311 e. The molecule has 2 aliphatic carbocycles. The number of unbranched alkanes of at least 4 members (excludes halogenated alkanes) is 10. The summed E-state index contributed by atoms with van der Waals surface area (Å²) in [6, 6.07) is 66.1. The summed E-state index contributed by atoms with van der Waals surface area (Å²) >= 11 is 0. The van der Waals surface area contributed by atoms with Crippen LogP contribution in [0.25, 0.3) is 83.1 Å². The summed E-state index contributed by atoms with van der Waals surface area (Å²) in [5.74, 6) is 0. The van der Waals surface area contributed by atoms with Crippen molar-refractivity contribution in [3.8, 4) is 61.3 Å². The summed E-state index contributed by atoms with van der Waals surface area (Å²) in [6.45, 7) is 28.4. The van der Waals surface area contributed by atoms with E-state index in [-0.39, 0.29) is 24.3 Å². The summed E-state index contributed by atoms with van der Waals surface area (Å²) in [5, 5.41) is 2.71. The van der Waals surface area contributed by atoms with Crippen molar-refractivity contribution in [2.75, 3.05) is 0 Å². The van der Waals surface area contributed by atoms with Crippen LogP contribution < -0.4 is 32.8 Å².